The molecule has 0 spiro atoms. The van der Waals surface area contributed by atoms with Crippen molar-refractivity contribution in [3.05, 3.63) is 55.5 Å². The molecule has 1 saturated carbocycles. The maximum Gasteiger partial charge on any atom is 0.253 e. The minimum absolute atomic E-state index is 0.0903. The van der Waals surface area contributed by atoms with Crippen LogP contribution in [0.3, 0.4) is 0 Å². The van der Waals surface area contributed by atoms with Gasteiger partial charge in [0.2, 0.25) is 0 Å². The van der Waals surface area contributed by atoms with Crippen LogP contribution >= 0.6 is 11.6 Å². The van der Waals surface area contributed by atoms with E-state index in [0.29, 0.717) is 45.2 Å². The smallest absolute Gasteiger partial charge is 0.253 e. The van der Waals surface area contributed by atoms with Crippen LogP contribution in [-0.2, 0) is 6.54 Å². The minimum atomic E-state index is -0.308. The number of hydrogen-bond donors (Lipinski definition) is 2. The minimum Gasteiger partial charge on any atom is -0.482 e. The largest absolute Gasteiger partial charge is 0.482 e. The molecule has 2 aliphatic rings. The van der Waals surface area contributed by atoms with Crippen LogP contribution in [-0.4, -0.2) is 48.1 Å². The van der Waals surface area contributed by atoms with Gasteiger partial charge in [-0.25, -0.2) is 0 Å². The van der Waals surface area contributed by atoms with E-state index in [2.05, 4.69) is 29.3 Å². The normalized spacial score (nSPS) is 23.9. The highest BCUT2D eigenvalue weighted by Crippen LogP contribution is 2.46. The molecule has 0 radical (unpaired) electrons. The van der Waals surface area contributed by atoms with E-state index in [1.165, 1.54) is 0 Å². The number of benzene rings is 1. The summed E-state index contributed by atoms with van der Waals surface area (Å²) in [4.78, 5) is 30.5. The van der Waals surface area contributed by atoms with E-state index in [4.69, 9.17) is 21.1 Å². The molecular weight excluding hydrogens is 466 g/mol. The third kappa shape index (κ3) is 5.21. The number of nitrogens with zero attached hydrogens (tertiary/aromatic N) is 1. The van der Waals surface area contributed by atoms with Gasteiger partial charge in [0, 0.05) is 35.0 Å². The summed E-state index contributed by atoms with van der Waals surface area (Å²) in [5.41, 5.74) is 3.08. The van der Waals surface area contributed by atoms with Crippen molar-refractivity contribution in [3.8, 4) is 11.5 Å². The van der Waals surface area contributed by atoms with Crippen LogP contribution in [0.2, 0.25) is 5.02 Å². The number of carbonyl (C=O) groups is 1. The number of fused-ring (bicyclic) bond motifs is 1. The van der Waals surface area contributed by atoms with E-state index in [0.717, 1.165) is 36.9 Å². The van der Waals surface area contributed by atoms with Crippen molar-refractivity contribution in [2.24, 2.45) is 5.92 Å². The summed E-state index contributed by atoms with van der Waals surface area (Å²) in [5.74, 6) is 1.13. The Labute approximate surface area is 212 Å². The van der Waals surface area contributed by atoms with Crippen molar-refractivity contribution in [2.45, 2.75) is 78.2 Å². The summed E-state index contributed by atoms with van der Waals surface area (Å²) in [5, 5.41) is 3.22. The first-order valence-corrected chi connectivity index (χ1v) is 12.7. The Bertz CT molecular complexity index is 1170. The van der Waals surface area contributed by atoms with Crippen LogP contribution in [0.4, 0.5) is 0 Å². The molecular formula is C27H36ClN3O4. The number of pyridine rings is 1. The summed E-state index contributed by atoms with van der Waals surface area (Å²) < 4.78 is 12.8. The number of halogens is 1. The molecule has 0 bridgehead atoms. The van der Waals surface area contributed by atoms with Crippen LogP contribution in [0.1, 0.15) is 65.3 Å². The maximum absolute atomic E-state index is 13.1. The second-order valence-corrected chi connectivity index (χ2v) is 10.7. The third-order valence-electron chi connectivity index (χ3n) is 7.56. The molecule has 1 fully saturated rings. The maximum atomic E-state index is 13.1. The number of amides is 1. The molecule has 4 rings (SSSR count). The number of hydrogen-bond acceptors (Lipinski definition) is 5. The lowest BCUT2D eigenvalue weighted by molar-refractivity contribution is -0.0204. The molecule has 7 nitrogen and oxygen atoms in total. The number of carbonyl (C=O) groups excluding carboxylic acids is 1. The fourth-order valence-corrected chi connectivity index (χ4v) is 5.70. The number of rotatable bonds is 5. The van der Waals surface area contributed by atoms with Gasteiger partial charge in [-0.2, -0.15) is 0 Å². The van der Waals surface area contributed by atoms with Gasteiger partial charge in [-0.15, -0.1) is 0 Å². The highest BCUT2D eigenvalue weighted by Gasteiger charge is 2.39. The molecule has 8 heteroatoms. The monoisotopic (exact) mass is 501 g/mol. The van der Waals surface area contributed by atoms with Crippen molar-refractivity contribution in [2.75, 3.05) is 14.1 Å². The molecule has 190 valence electrons. The number of aryl methyl sites for hydroxylation is 2. The summed E-state index contributed by atoms with van der Waals surface area (Å²) in [6, 6.07) is 4.12. The van der Waals surface area contributed by atoms with Crippen LogP contribution < -0.4 is 20.3 Å². The van der Waals surface area contributed by atoms with Gasteiger partial charge in [0.15, 0.2) is 11.5 Å². The lowest BCUT2D eigenvalue weighted by atomic mass is 9.80. The molecule has 1 aliphatic carbocycles. The van der Waals surface area contributed by atoms with Gasteiger partial charge < -0.3 is 24.7 Å². The molecule has 1 aliphatic heterocycles. The molecule has 2 aromatic rings. The molecule has 2 unspecified atom stereocenters. The highest BCUT2D eigenvalue weighted by molar-refractivity contribution is 6.32. The van der Waals surface area contributed by atoms with E-state index in [1.807, 2.05) is 33.8 Å². The van der Waals surface area contributed by atoms with Crippen molar-refractivity contribution >= 4 is 17.5 Å². The SMILES string of the molecule is Cc1cc(C)c(CNC(=O)c2cc(Cl)c3c(c2C)OC(C2CCC(N(C)C)CC2)C(C)O3)c(=O)[nH]1. The number of ether oxygens (including phenoxy) is 2. The van der Waals surface area contributed by atoms with Gasteiger partial charge in [-0.3, -0.25) is 9.59 Å². The number of aromatic nitrogens is 1. The average Bonchev–Trinajstić information content (AvgIpc) is 2.80. The van der Waals surface area contributed by atoms with E-state index >= 15 is 0 Å². The second kappa shape index (κ2) is 10.2. The predicted molar refractivity (Wildman–Crippen MR) is 138 cm³/mol. The number of aromatic amines is 1. The Morgan fingerprint density at radius 2 is 1.80 bits per heavy atom. The predicted octanol–water partition coefficient (Wildman–Crippen LogP) is 4.53. The third-order valence-corrected chi connectivity index (χ3v) is 7.84. The Hall–Kier alpha value is -2.51. The molecule has 2 N–H and O–H groups in total. The molecule has 2 atom stereocenters. The van der Waals surface area contributed by atoms with E-state index in [1.54, 1.807) is 6.07 Å². The van der Waals surface area contributed by atoms with Gasteiger partial charge in [-0.1, -0.05) is 11.6 Å². The Morgan fingerprint density at radius 1 is 1.11 bits per heavy atom. The van der Waals surface area contributed by atoms with Gasteiger partial charge in [-0.05, 0) is 91.1 Å². The summed E-state index contributed by atoms with van der Waals surface area (Å²) >= 11 is 6.56. The number of H-pyrrole nitrogens is 1. The summed E-state index contributed by atoms with van der Waals surface area (Å²) in [7, 11) is 4.27. The molecule has 1 aromatic carbocycles. The molecule has 35 heavy (non-hydrogen) atoms. The Balaban J connectivity index is 1.53. The first kappa shape index (κ1) is 25.6. The lowest BCUT2D eigenvalue weighted by Gasteiger charge is -2.41. The Kier molecular flexibility index (Phi) is 7.48. The fraction of sp³-hybridized carbons (Fsp3) is 0.556. The van der Waals surface area contributed by atoms with Crippen LogP contribution in [0.15, 0.2) is 16.9 Å². The van der Waals surface area contributed by atoms with Crippen molar-refractivity contribution < 1.29 is 14.3 Å². The van der Waals surface area contributed by atoms with Crippen molar-refractivity contribution in [1.29, 1.82) is 0 Å². The highest BCUT2D eigenvalue weighted by atomic mass is 35.5. The van der Waals surface area contributed by atoms with Crippen LogP contribution in [0.25, 0.3) is 0 Å². The second-order valence-electron chi connectivity index (χ2n) is 10.3. The standard InChI is InChI=1S/C27H36ClN3O4/c1-14-11-15(2)30-27(33)21(14)13-29-26(32)20-12-22(28)25-23(16(20)3)35-24(17(4)34-25)18-7-9-19(10-8-18)31(5)6/h11-12,17-19,24H,7-10,13H2,1-6H3,(H,29,32)(H,30,33). The lowest BCUT2D eigenvalue weighted by Crippen LogP contribution is -2.46. The van der Waals surface area contributed by atoms with E-state index < -0.39 is 0 Å². The first-order chi connectivity index (χ1) is 16.6. The van der Waals surface area contributed by atoms with E-state index in [-0.39, 0.29) is 30.2 Å². The summed E-state index contributed by atoms with van der Waals surface area (Å²) in [6.07, 6.45) is 4.21. The van der Waals surface area contributed by atoms with Crippen LogP contribution in [0.5, 0.6) is 11.5 Å². The first-order valence-electron chi connectivity index (χ1n) is 12.4. The molecule has 2 heterocycles. The van der Waals surface area contributed by atoms with Crippen molar-refractivity contribution in [1.82, 2.24) is 15.2 Å². The molecule has 1 amide bonds. The quantitative estimate of drug-likeness (QED) is 0.628. The average molecular weight is 502 g/mol. The number of nitrogens with one attached hydrogen (secondary N) is 2. The van der Waals surface area contributed by atoms with Gasteiger partial charge in [0.25, 0.3) is 11.5 Å². The van der Waals surface area contributed by atoms with Crippen LogP contribution in [0, 0.1) is 26.7 Å². The fourth-order valence-electron chi connectivity index (χ4n) is 5.47. The topological polar surface area (TPSA) is 83.7 Å². The van der Waals surface area contributed by atoms with Gasteiger partial charge >= 0.3 is 0 Å². The zero-order valence-electron chi connectivity index (χ0n) is 21.5. The zero-order valence-corrected chi connectivity index (χ0v) is 22.2. The molecule has 0 saturated heterocycles. The molecule has 1 aromatic heterocycles. The zero-order chi connectivity index (χ0) is 25.4. The Morgan fingerprint density at radius 3 is 2.43 bits per heavy atom. The summed E-state index contributed by atoms with van der Waals surface area (Å²) in [6.45, 7) is 7.70. The van der Waals surface area contributed by atoms with Crippen molar-refractivity contribution in [3.63, 3.8) is 0 Å². The van der Waals surface area contributed by atoms with Gasteiger partial charge in [0.1, 0.15) is 12.2 Å². The van der Waals surface area contributed by atoms with Gasteiger partial charge in [0.05, 0.1) is 5.02 Å². The van der Waals surface area contributed by atoms with E-state index in [9.17, 15) is 9.59 Å².